The summed E-state index contributed by atoms with van der Waals surface area (Å²) in [5.41, 5.74) is 2.65. The lowest BCUT2D eigenvalue weighted by Gasteiger charge is -2.07. The van der Waals surface area contributed by atoms with E-state index in [2.05, 4.69) is 18.4 Å². The SMILES string of the molecule is Cc1ccsc1-c1cccc2ccc(C(=O)O)cc12. The van der Waals surface area contributed by atoms with Crippen molar-refractivity contribution in [3.8, 4) is 10.4 Å². The number of carboxylic acids is 1. The van der Waals surface area contributed by atoms with Crippen molar-refractivity contribution in [2.45, 2.75) is 6.92 Å². The molecule has 0 aliphatic heterocycles. The summed E-state index contributed by atoms with van der Waals surface area (Å²) in [4.78, 5) is 12.3. The van der Waals surface area contributed by atoms with Gasteiger partial charge >= 0.3 is 5.97 Å². The summed E-state index contributed by atoms with van der Waals surface area (Å²) in [5, 5.41) is 13.2. The first-order chi connectivity index (χ1) is 9.16. The topological polar surface area (TPSA) is 37.3 Å². The van der Waals surface area contributed by atoms with Crippen molar-refractivity contribution in [2.75, 3.05) is 0 Å². The highest BCUT2D eigenvalue weighted by Crippen LogP contribution is 2.34. The van der Waals surface area contributed by atoms with Gasteiger partial charge in [0.05, 0.1) is 5.56 Å². The van der Waals surface area contributed by atoms with Crippen molar-refractivity contribution in [1.82, 2.24) is 0 Å². The van der Waals surface area contributed by atoms with Gasteiger partial charge in [-0.1, -0.05) is 24.3 Å². The number of carbonyl (C=O) groups is 1. The lowest BCUT2D eigenvalue weighted by Crippen LogP contribution is -1.95. The molecule has 0 bridgehead atoms. The van der Waals surface area contributed by atoms with Crippen LogP contribution in [0.2, 0.25) is 0 Å². The standard InChI is InChI=1S/C16H12O2S/c1-10-7-8-19-15(10)13-4-2-3-11-5-6-12(16(17)18)9-14(11)13/h2-9H,1H3,(H,17,18). The van der Waals surface area contributed by atoms with Gasteiger partial charge in [-0.3, -0.25) is 0 Å². The Morgan fingerprint density at radius 1 is 1.16 bits per heavy atom. The van der Waals surface area contributed by atoms with Gasteiger partial charge in [-0.15, -0.1) is 11.3 Å². The summed E-state index contributed by atoms with van der Waals surface area (Å²) in [6.07, 6.45) is 0. The molecular formula is C16H12O2S. The number of aryl methyl sites for hydroxylation is 1. The highest BCUT2D eigenvalue weighted by molar-refractivity contribution is 7.13. The Bertz CT molecular complexity index is 771. The maximum absolute atomic E-state index is 11.1. The molecule has 3 aromatic rings. The lowest BCUT2D eigenvalue weighted by atomic mass is 9.99. The van der Waals surface area contributed by atoms with Gasteiger partial charge in [0.15, 0.2) is 0 Å². The third-order valence-corrected chi connectivity index (χ3v) is 4.29. The second kappa shape index (κ2) is 4.52. The van der Waals surface area contributed by atoms with Gasteiger partial charge in [0.1, 0.15) is 0 Å². The van der Waals surface area contributed by atoms with Gasteiger partial charge in [-0.25, -0.2) is 4.79 Å². The van der Waals surface area contributed by atoms with E-state index < -0.39 is 5.97 Å². The molecule has 0 spiro atoms. The van der Waals surface area contributed by atoms with Crippen LogP contribution in [0, 0.1) is 6.92 Å². The third kappa shape index (κ3) is 2.02. The van der Waals surface area contributed by atoms with Gasteiger partial charge in [0.25, 0.3) is 0 Å². The number of benzene rings is 2. The van der Waals surface area contributed by atoms with Crippen LogP contribution in [0.25, 0.3) is 21.2 Å². The number of hydrogen-bond acceptors (Lipinski definition) is 2. The van der Waals surface area contributed by atoms with Crippen LogP contribution in [-0.4, -0.2) is 11.1 Å². The van der Waals surface area contributed by atoms with Crippen LogP contribution < -0.4 is 0 Å². The minimum atomic E-state index is -0.889. The fourth-order valence-corrected chi connectivity index (χ4v) is 3.22. The number of rotatable bonds is 2. The van der Waals surface area contributed by atoms with Gasteiger partial charge in [-0.05, 0) is 52.4 Å². The zero-order valence-electron chi connectivity index (χ0n) is 10.4. The molecular weight excluding hydrogens is 256 g/mol. The number of fused-ring (bicyclic) bond motifs is 1. The Balaban J connectivity index is 2.33. The second-order valence-electron chi connectivity index (χ2n) is 4.48. The zero-order valence-corrected chi connectivity index (χ0v) is 11.2. The number of hydrogen-bond donors (Lipinski definition) is 1. The van der Waals surface area contributed by atoms with Crippen LogP contribution in [0.5, 0.6) is 0 Å². The molecule has 2 aromatic carbocycles. The lowest BCUT2D eigenvalue weighted by molar-refractivity contribution is 0.0697. The van der Waals surface area contributed by atoms with E-state index >= 15 is 0 Å². The van der Waals surface area contributed by atoms with Crippen LogP contribution in [-0.2, 0) is 0 Å². The highest BCUT2D eigenvalue weighted by atomic mass is 32.1. The Morgan fingerprint density at radius 2 is 2.00 bits per heavy atom. The normalized spacial score (nSPS) is 10.8. The average molecular weight is 268 g/mol. The van der Waals surface area contributed by atoms with Crippen LogP contribution in [0.3, 0.4) is 0 Å². The van der Waals surface area contributed by atoms with Crippen LogP contribution >= 0.6 is 11.3 Å². The van der Waals surface area contributed by atoms with E-state index in [1.807, 2.05) is 24.3 Å². The molecule has 0 amide bonds. The van der Waals surface area contributed by atoms with Gasteiger partial charge in [0, 0.05) is 4.88 Å². The molecule has 94 valence electrons. The molecule has 0 atom stereocenters. The summed E-state index contributed by atoms with van der Waals surface area (Å²) in [6.45, 7) is 2.08. The molecule has 0 aliphatic rings. The Morgan fingerprint density at radius 3 is 2.68 bits per heavy atom. The first-order valence-corrected chi connectivity index (χ1v) is 6.85. The van der Waals surface area contributed by atoms with Crippen LogP contribution in [0.15, 0.2) is 47.8 Å². The summed E-state index contributed by atoms with van der Waals surface area (Å²) in [5.74, 6) is -0.889. The van der Waals surface area contributed by atoms with E-state index in [0.717, 1.165) is 16.3 Å². The average Bonchev–Trinajstić information content (AvgIpc) is 2.83. The smallest absolute Gasteiger partial charge is 0.335 e. The van der Waals surface area contributed by atoms with Crippen molar-refractivity contribution in [2.24, 2.45) is 0 Å². The monoisotopic (exact) mass is 268 g/mol. The van der Waals surface area contributed by atoms with Gasteiger partial charge in [-0.2, -0.15) is 0 Å². The fourth-order valence-electron chi connectivity index (χ4n) is 2.25. The molecule has 0 aliphatic carbocycles. The van der Waals surface area contributed by atoms with Crippen molar-refractivity contribution in [3.63, 3.8) is 0 Å². The van der Waals surface area contributed by atoms with E-state index in [9.17, 15) is 4.79 Å². The maximum Gasteiger partial charge on any atom is 0.335 e. The molecule has 0 radical (unpaired) electrons. The van der Waals surface area contributed by atoms with Crippen LogP contribution in [0.1, 0.15) is 15.9 Å². The van der Waals surface area contributed by atoms with Gasteiger partial charge in [0.2, 0.25) is 0 Å². The maximum atomic E-state index is 11.1. The predicted octanol–water partition coefficient (Wildman–Crippen LogP) is 4.57. The van der Waals surface area contributed by atoms with Crippen molar-refractivity contribution in [3.05, 3.63) is 59.0 Å². The summed E-state index contributed by atoms with van der Waals surface area (Å²) in [7, 11) is 0. The minimum absolute atomic E-state index is 0.328. The van der Waals surface area contributed by atoms with Crippen molar-refractivity contribution >= 4 is 28.1 Å². The Hall–Kier alpha value is -2.13. The molecule has 3 heteroatoms. The highest BCUT2D eigenvalue weighted by Gasteiger charge is 2.10. The van der Waals surface area contributed by atoms with Gasteiger partial charge < -0.3 is 5.11 Å². The summed E-state index contributed by atoms with van der Waals surface area (Å²) in [6, 6.07) is 13.4. The molecule has 2 nitrogen and oxygen atoms in total. The van der Waals surface area contributed by atoms with Crippen LogP contribution in [0.4, 0.5) is 0 Å². The van der Waals surface area contributed by atoms with E-state index in [4.69, 9.17) is 5.11 Å². The molecule has 19 heavy (non-hydrogen) atoms. The Labute approximate surface area is 114 Å². The molecule has 0 unspecified atom stereocenters. The minimum Gasteiger partial charge on any atom is -0.478 e. The van der Waals surface area contributed by atoms with E-state index in [1.165, 1.54) is 10.4 Å². The summed E-state index contributed by atoms with van der Waals surface area (Å²) < 4.78 is 0. The molecule has 0 saturated carbocycles. The molecule has 1 heterocycles. The fraction of sp³-hybridized carbons (Fsp3) is 0.0625. The third-order valence-electron chi connectivity index (χ3n) is 3.24. The van der Waals surface area contributed by atoms with Crippen molar-refractivity contribution < 1.29 is 9.90 Å². The number of aromatic carboxylic acids is 1. The number of thiophene rings is 1. The van der Waals surface area contributed by atoms with E-state index in [1.54, 1.807) is 23.5 Å². The molecule has 1 N–H and O–H groups in total. The molecule has 1 aromatic heterocycles. The van der Waals surface area contributed by atoms with E-state index in [0.29, 0.717) is 5.56 Å². The molecule has 0 fully saturated rings. The quantitative estimate of drug-likeness (QED) is 0.739. The van der Waals surface area contributed by atoms with E-state index in [-0.39, 0.29) is 0 Å². The molecule has 3 rings (SSSR count). The first-order valence-electron chi connectivity index (χ1n) is 5.97. The predicted molar refractivity (Wildman–Crippen MR) is 79.0 cm³/mol. The molecule has 0 saturated heterocycles. The van der Waals surface area contributed by atoms with Crippen molar-refractivity contribution in [1.29, 1.82) is 0 Å². The number of carboxylic acid groups (broad SMARTS) is 1. The second-order valence-corrected chi connectivity index (χ2v) is 5.40. The Kier molecular flexibility index (Phi) is 2.84. The largest absolute Gasteiger partial charge is 0.478 e. The first kappa shape index (κ1) is 11.9. The summed E-state index contributed by atoms with van der Waals surface area (Å²) >= 11 is 1.68. The zero-order chi connectivity index (χ0) is 13.4.